The SMILES string of the molecule is [B]/C(C)=C([B])/C([B])=c1/c(-c2cccc(-c3nc4ccccc4n3-c3ccccc3)c2)c2c([B])c([B])c([B])c([B])c2c(-c2cc3ccccc3c3ccccc23)c1=[B]. The third kappa shape index (κ3) is 5.83. The van der Waals surface area contributed by atoms with Crippen LogP contribution in [0.2, 0.25) is 0 Å². The molecule has 9 rings (SSSR count). The molecular weight excluding hydrogens is 679 g/mol. The zero-order chi connectivity index (χ0) is 39.7. The van der Waals surface area contributed by atoms with E-state index >= 15 is 0 Å². The maximum atomic E-state index is 7.50. The fourth-order valence-electron chi connectivity index (χ4n) is 8.20. The summed E-state index contributed by atoms with van der Waals surface area (Å²) in [6, 6.07) is 44.6. The van der Waals surface area contributed by atoms with E-state index in [1.807, 2.05) is 84.9 Å². The minimum atomic E-state index is 0.144. The zero-order valence-corrected chi connectivity index (χ0v) is 31.2. The van der Waals surface area contributed by atoms with Crippen LogP contribution in [0.1, 0.15) is 6.92 Å². The van der Waals surface area contributed by atoms with Gasteiger partial charge in [-0.1, -0.05) is 0 Å². The minimum absolute atomic E-state index is 0.144. The Balaban J connectivity index is 1.48. The molecule has 0 aliphatic carbocycles. The van der Waals surface area contributed by atoms with E-state index in [2.05, 4.69) is 53.1 Å². The Labute approximate surface area is 342 Å². The van der Waals surface area contributed by atoms with Crippen LogP contribution in [-0.2, 0) is 0 Å². The maximum absolute atomic E-state index is 7.50. The molecule has 0 aliphatic rings. The van der Waals surface area contributed by atoms with E-state index in [4.69, 9.17) is 67.4 Å². The van der Waals surface area contributed by atoms with E-state index in [1.165, 1.54) is 0 Å². The molecule has 247 valence electrons. The summed E-state index contributed by atoms with van der Waals surface area (Å²) >= 11 is 0. The third-order valence-electron chi connectivity index (χ3n) is 11.0. The quantitative estimate of drug-likeness (QED) is 0.184. The number of imidazole rings is 1. The second-order valence-electron chi connectivity index (χ2n) is 14.3. The molecular formula is C47H25B8N2. The molecule has 0 bridgehead atoms. The first-order valence-electron chi connectivity index (χ1n) is 18.5. The Bertz CT molecular complexity index is 3290. The van der Waals surface area contributed by atoms with Crippen molar-refractivity contribution < 1.29 is 0 Å². The van der Waals surface area contributed by atoms with Crippen molar-refractivity contribution in [3.05, 3.63) is 155 Å². The van der Waals surface area contributed by atoms with Crippen molar-refractivity contribution in [1.29, 1.82) is 0 Å². The van der Waals surface area contributed by atoms with Crippen LogP contribution in [-0.4, -0.2) is 72.0 Å². The van der Waals surface area contributed by atoms with Gasteiger partial charge in [-0.05, 0) is 0 Å². The second kappa shape index (κ2) is 14.3. The van der Waals surface area contributed by atoms with Gasteiger partial charge in [0.2, 0.25) is 0 Å². The predicted octanol–water partition coefficient (Wildman–Crippen LogP) is 4.93. The molecule has 1 aromatic heterocycles. The van der Waals surface area contributed by atoms with Crippen LogP contribution >= 0.6 is 0 Å². The van der Waals surface area contributed by atoms with Crippen LogP contribution in [0.25, 0.3) is 88.2 Å². The number of aromatic nitrogens is 2. The van der Waals surface area contributed by atoms with Gasteiger partial charge in [0.25, 0.3) is 0 Å². The fourth-order valence-corrected chi connectivity index (χ4v) is 8.20. The van der Waals surface area contributed by atoms with E-state index in [1.54, 1.807) is 6.92 Å². The van der Waals surface area contributed by atoms with Crippen molar-refractivity contribution in [2.24, 2.45) is 0 Å². The van der Waals surface area contributed by atoms with Crippen molar-refractivity contribution in [3.63, 3.8) is 0 Å². The van der Waals surface area contributed by atoms with Crippen LogP contribution in [0.4, 0.5) is 0 Å². The molecule has 0 fully saturated rings. The monoisotopic (exact) mass is 705 g/mol. The fraction of sp³-hybridized carbons (Fsp3) is 0.0213. The van der Waals surface area contributed by atoms with Crippen LogP contribution < -0.4 is 27.1 Å². The molecule has 8 aromatic carbocycles. The van der Waals surface area contributed by atoms with E-state index < -0.39 is 0 Å². The molecule has 0 saturated heterocycles. The van der Waals surface area contributed by atoms with Crippen molar-refractivity contribution in [3.8, 4) is 39.3 Å². The molecule has 0 unspecified atom stereocenters. The van der Waals surface area contributed by atoms with Gasteiger partial charge in [-0.15, -0.1) is 0 Å². The average Bonchev–Trinajstić information content (AvgIpc) is 3.64. The topological polar surface area (TPSA) is 17.8 Å². The summed E-state index contributed by atoms with van der Waals surface area (Å²) in [4.78, 5) is 5.13. The van der Waals surface area contributed by atoms with E-state index in [9.17, 15) is 0 Å². The van der Waals surface area contributed by atoms with Gasteiger partial charge in [-0.3, -0.25) is 0 Å². The summed E-state index contributed by atoms with van der Waals surface area (Å²) in [5, 5.41) is 5.87. The molecule has 9 aromatic rings. The van der Waals surface area contributed by atoms with Crippen LogP contribution in [0.5, 0.6) is 0 Å². The molecule has 10 heteroatoms. The summed E-state index contributed by atoms with van der Waals surface area (Å²) in [6.07, 6.45) is 0. The molecule has 57 heavy (non-hydrogen) atoms. The number of allylic oxidation sites excluding steroid dienone is 2. The molecule has 0 atom stereocenters. The van der Waals surface area contributed by atoms with Crippen molar-refractivity contribution in [2.75, 3.05) is 0 Å². The number of fused-ring (bicyclic) bond motifs is 5. The predicted molar refractivity (Wildman–Crippen MR) is 249 cm³/mol. The number of hydrogen-bond acceptors (Lipinski definition) is 1. The molecule has 15 radical (unpaired) electrons. The van der Waals surface area contributed by atoms with E-state index in [0.717, 1.165) is 55.2 Å². The third-order valence-corrected chi connectivity index (χ3v) is 11.0. The Morgan fingerprint density at radius 2 is 1.16 bits per heavy atom. The molecule has 0 spiro atoms. The normalized spacial score (nSPS) is 12.7. The Morgan fingerprint density at radius 1 is 0.561 bits per heavy atom. The number of nitrogens with zero attached hydrogens (tertiary/aromatic N) is 2. The van der Waals surface area contributed by atoms with Crippen LogP contribution in [0, 0.1) is 5.11 Å². The summed E-state index contributed by atoms with van der Waals surface area (Å²) in [5.41, 5.74) is 7.69. The van der Waals surface area contributed by atoms with Gasteiger partial charge in [-0.25, -0.2) is 0 Å². The van der Waals surface area contributed by atoms with Crippen molar-refractivity contribution in [1.82, 2.24) is 9.55 Å². The van der Waals surface area contributed by atoms with Gasteiger partial charge in [0.15, 0.2) is 0 Å². The van der Waals surface area contributed by atoms with Crippen molar-refractivity contribution >= 4 is 133 Å². The first-order chi connectivity index (χ1) is 27.6. The van der Waals surface area contributed by atoms with Gasteiger partial charge in [0.1, 0.15) is 0 Å². The molecule has 2 nitrogen and oxygen atoms in total. The van der Waals surface area contributed by atoms with Crippen LogP contribution in [0.15, 0.2) is 144 Å². The summed E-state index contributed by atoms with van der Waals surface area (Å²) in [6.45, 7) is 1.69. The van der Waals surface area contributed by atoms with Crippen LogP contribution in [0.3, 0.4) is 0 Å². The number of benzene rings is 8. The van der Waals surface area contributed by atoms with Gasteiger partial charge >= 0.3 is 344 Å². The van der Waals surface area contributed by atoms with E-state index in [-0.39, 0.29) is 32.8 Å². The van der Waals surface area contributed by atoms with Gasteiger partial charge in [0, 0.05) is 0 Å². The molecule has 1 heterocycles. The van der Waals surface area contributed by atoms with Gasteiger partial charge in [0.05, 0.1) is 0 Å². The van der Waals surface area contributed by atoms with E-state index in [0.29, 0.717) is 43.3 Å². The Morgan fingerprint density at radius 3 is 1.88 bits per heavy atom. The number of para-hydroxylation sites is 3. The second-order valence-corrected chi connectivity index (χ2v) is 14.3. The number of rotatable bonds is 5. The average molecular weight is 704 g/mol. The molecule has 0 amide bonds. The van der Waals surface area contributed by atoms with Gasteiger partial charge < -0.3 is 0 Å². The summed E-state index contributed by atoms with van der Waals surface area (Å²) in [7, 11) is 55.2. The first-order valence-corrected chi connectivity index (χ1v) is 18.5. The summed E-state index contributed by atoms with van der Waals surface area (Å²) < 4.78 is 2.14. The molecule has 0 N–H and O–H groups in total. The number of hydrogen-bond donors (Lipinski definition) is 0. The Kier molecular flexibility index (Phi) is 9.20. The van der Waals surface area contributed by atoms with Gasteiger partial charge in [-0.2, -0.15) is 0 Å². The first kappa shape index (κ1) is 36.8. The standard InChI is InChI=1S/C47H25B8N2/c1-24(48)40(49)44(53)39-35(26-13-11-14-27(22-26)47-56-33-20-9-10-21-34(33)57(47)28-15-3-2-4-16-28)37-38(43(52)46(55)45(54)42(37)51)36(41(39)50)32-23-25-12-5-6-17-29(25)30-18-7-8-19-31(30)32/h2-23H,1H3/b40-24-,44-39+. The summed E-state index contributed by atoms with van der Waals surface area (Å²) in [5.74, 6) is 0.729. The zero-order valence-electron chi connectivity index (χ0n) is 31.2. The van der Waals surface area contributed by atoms with Crippen molar-refractivity contribution in [2.45, 2.75) is 6.92 Å². The molecule has 0 saturated carbocycles. The Hall–Kier alpha value is -5.86. The molecule has 0 aliphatic heterocycles.